The van der Waals surface area contributed by atoms with Crippen molar-refractivity contribution < 1.29 is 14.4 Å². The van der Waals surface area contributed by atoms with Crippen molar-refractivity contribution >= 4 is 29.4 Å². The smallest absolute Gasteiger partial charge is 0.235 e. The van der Waals surface area contributed by atoms with Crippen molar-refractivity contribution in [1.29, 1.82) is 0 Å². The SMILES string of the molecule is Cc1cc(C)nc(CCC(C)Cn2c(N3CCC(C(N)=O)CC3)nc3c2C(=O)CC(=O)N3C)n1. The highest BCUT2D eigenvalue weighted by atomic mass is 16.2. The number of hydrogen-bond acceptors (Lipinski definition) is 7. The molecule has 0 aromatic carbocycles. The summed E-state index contributed by atoms with van der Waals surface area (Å²) in [4.78, 5) is 54.2. The van der Waals surface area contributed by atoms with Gasteiger partial charge in [0.2, 0.25) is 17.8 Å². The molecule has 0 saturated carbocycles. The number of nitrogens with two attached hydrogens (primary N) is 1. The van der Waals surface area contributed by atoms with Gasteiger partial charge in [-0.2, -0.15) is 4.98 Å². The fraction of sp³-hybridized carbons (Fsp3) is 0.583. The van der Waals surface area contributed by atoms with E-state index in [-0.39, 0.29) is 35.9 Å². The maximum Gasteiger partial charge on any atom is 0.235 e. The van der Waals surface area contributed by atoms with Crippen LogP contribution in [0.5, 0.6) is 0 Å². The van der Waals surface area contributed by atoms with Gasteiger partial charge in [-0.1, -0.05) is 6.92 Å². The number of carbonyl (C=O) groups is 3. The van der Waals surface area contributed by atoms with Gasteiger partial charge in [0.15, 0.2) is 11.6 Å². The van der Waals surface area contributed by atoms with E-state index in [9.17, 15) is 14.4 Å². The van der Waals surface area contributed by atoms with Crippen molar-refractivity contribution in [3.63, 3.8) is 0 Å². The predicted molar refractivity (Wildman–Crippen MR) is 128 cm³/mol. The Labute approximate surface area is 199 Å². The second-order valence-electron chi connectivity index (χ2n) is 9.62. The van der Waals surface area contributed by atoms with Crippen LogP contribution in [0.2, 0.25) is 0 Å². The number of aromatic nitrogens is 4. The minimum atomic E-state index is -0.273. The van der Waals surface area contributed by atoms with E-state index in [0.717, 1.165) is 30.1 Å². The number of primary amides is 1. The Kier molecular flexibility index (Phi) is 6.67. The molecule has 182 valence electrons. The highest BCUT2D eigenvalue weighted by molar-refractivity contribution is 6.18. The number of carbonyl (C=O) groups excluding carboxylic acids is 3. The van der Waals surface area contributed by atoms with Crippen molar-refractivity contribution in [3.05, 3.63) is 29.0 Å². The third-order valence-electron chi connectivity index (χ3n) is 6.76. The Balaban J connectivity index is 1.58. The summed E-state index contributed by atoms with van der Waals surface area (Å²) >= 11 is 0. The average molecular weight is 468 g/mol. The van der Waals surface area contributed by atoms with Gasteiger partial charge in [-0.3, -0.25) is 19.3 Å². The van der Waals surface area contributed by atoms with E-state index in [2.05, 4.69) is 21.8 Å². The normalized spacial score (nSPS) is 17.8. The highest BCUT2D eigenvalue weighted by Crippen LogP contribution is 2.34. The van der Waals surface area contributed by atoms with Crippen LogP contribution >= 0.6 is 0 Å². The topological polar surface area (TPSA) is 127 Å². The first-order valence-electron chi connectivity index (χ1n) is 11.9. The molecule has 1 fully saturated rings. The van der Waals surface area contributed by atoms with Crippen molar-refractivity contribution in [3.8, 4) is 0 Å². The van der Waals surface area contributed by atoms with Crippen LogP contribution in [-0.2, 0) is 22.6 Å². The van der Waals surface area contributed by atoms with Gasteiger partial charge in [0.25, 0.3) is 0 Å². The molecule has 2 aromatic heterocycles. The molecule has 0 aliphatic carbocycles. The van der Waals surface area contributed by atoms with Gasteiger partial charge in [0.05, 0.1) is 6.42 Å². The van der Waals surface area contributed by atoms with Crippen molar-refractivity contribution in [1.82, 2.24) is 19.5 Å². The molecule has 2 aliphatic heterocycles. The van der Waals surface area contributed by atoms with Crippen LogP contribution in [0.25, 0.3) is 0 Å². The number of nitrogens with zero attached hydrogens (tertiary/aromatic N) is 6. The summed E-state index contributed by atoms with van der Waals surface area (Å²) in [6.07, 6.45) is 2.74. The molecular formula is C24H33N7O3. The zero-order chi connectivity index (χ0) is 24.6. The Bertz CT molecular complexity index is 1100. The largest absolute Gasteiger partial charge is 0.369 e. The lowest BCUT2D eigenvalue weighted by molar-refractivity contribution is -0.122. The first-order valence-corrected chi connectivity index (χ1v) is 11.9. The summed E-state index contributed by atoms with van der Waals surface area (Å²) in [5.74, 6) is 1.28. The molecule has 2 aromatic rings. The number of amides is 2. The van der Waals surface area contributed by atoms with Crippen molar-refractivity contribution in [2.75, 3.05) is 29.9 Å². The lowest BCUT2D eigenvalue weighted by Gasteiger charge is -2.32. The van der Waals surface area contributed by atoms with E-state index in [1.807, 2.05) is 24.5 Å². The van der Waals surface area contributed by atoms with Gasteiger partial charge >= 0.3 is 0 Å². The van der Waals surface area contributed by atoms with Crippen molar-refractivity contribution in [2.45, 2.75) is 59.4 Å². The minimum Gasteiger partial charge on any atom is -0.369 e. The molecule has 2 amide bonds. The first kappa shape index (κ1) is 23.8. The van der Waals surface area contributed by atoms with E-state index in [4.69, 9.17) is 10.7 Å². The van der Waals surface area contributed by atoms with E-state index in [1.165, 1.54) is 4.90 Å². The summed E-state index contributed by atoms with van der Waals surface area (Å²) in [5, 5.41) is 0. The summed E-state index contributed by atoms with van der Waals surface area (Å²) in [6, 6.07) is 1.96. The lowest BCUT2D eigenvalue weighted by Crippen LogP contribution is -2.40. The third-order valence-corrected chi connectivity index (χ3v) is 6.76. The second-order valence-corrected chi connectivity index (χ2v) is 9.62. The zero-order valence-corrected chi connectivity index (χ0v) is 20.4. The van der Waals surface area contributed by atoms with E-state index >= 15 is 0 Å². The van der Waals surface area contributed by atoms with Crippen LogP contribution in [-0.4, -0.2) is 57.3 Å². The molecule has 1 atom stereocenters. The minimum absolute atomic E-state index is 0.142. The molecule has 10 heteroatoms. The Morgan fingerprint density at radius 1 is 1.15 bits per heavy atom. The number of fused-ring (bicyclic) bond motifs is 1. The Morgan fingerprint density at radius 2 is 1.79 bits per heavy atom. The van der Waals surface area contributed by atoms with Crippen LogP contribution in [0.4, 0.5) is 11.8 Å². The molecule has 0 spiro atoms. The van der Waals surface area contributed by atoms with Gasteiger partial charge in [-0.05, 0) is 45.1 Å². The molecule has 4 heterocycles. The van der Waals surface area contributed by atoms with Crippen LogP contribution < -0.4 is 15.5 Å². The van der Waals surface area contributed by atoms with Gasteiger partial charge in [0.1, 0.15) is 11.5 Å². The first-order chi connectivity index (χ1) is 16.1. The molecule has 0 radical (unpaired) electrons. The Hall–Kier alpha value is -3.30. The fourth-order valence-corrected chi connectivity index (χ4v) is 4.86. The Morgan fingerprint density at radius 3 is 2.41 bits per heavy atom. The molecule has 1 saturated heterocycles. The molecular weight excluding hydrogens is 434 g/mol. The molecule has 2 aliphatic rings. The van der Waals surface area contributed by atoms with Crippen LogP contribution in [0, 0.1) is 25.7 Å². The summed E-state index contributed by atoms with van der Waals surface area (Å²) in [7, 11) is 1.66. The maximum atomic E-state index is 12.9. The third kappa shape index (κ3) is 4.80. The molecule has 2 N–H and O–H groups in total. The summed E-state index contributed by atoms with van der Waals surface area (Å²) in [5.41, 5.74) is 7.90. The van der Waals surface area contributed by atoms with Crippen LogP contribution in [0.1, 0.15) is 60.3 Å². The van der Waals surface area contributed by atoms with Gasteiger partial charge < -0.3 is 15.2 Å². The van der Waals surface area contributed by atoms with Gasteiger partial charge in [-0.25, -0.2) is 9.97 Å². The molecule has 34 heavy (non-hydrogen) atoms. The number of rotatable bonds is 7. The standard InChI is InChI=1S/C24H33N7O3/c1-14(5-6-19-26-15(2)11-16(3)27-19)13-31-21-18(32)12-20(33)29(4)23(21)28-24(31)30-9-7-17(8-10-30)22(25)34/h11,14,17H,5-10,12-13H2,1-4H3,(H2,25,34). The number of hydrogen-bond donors (Lipinski definition) is 1. The predicted octanol–water partition coefficient (Wildman–Crippen LogP) is 1.81. The van der Waals surface area contributed by atoms with E-state index in [0.29, 0.717) is 49.9 Å². The fourth-order valence-electron chi connectivity index (χ4n) is 4.86. The average Bonchev–Trinajstić information content (AvgIpc) is 3.15. The highest BCUT2D eigenvalue weighted by Gasteiger charge is 2.36. The van der Waals surface area contributed by atoms with Crippen molar-refractivity contribution in [2.24, 2.45) is 17.6 Å². The summed E-state index contributed by atoms with van der Waals surface area (Å²) < 4.78 is 1.97. The quantitative estimate of drug-likeness (QED) is 0.615. The van der Waals surface area contributed by atoms with E-state index < -0.39 is 0 Å². The lowest BCUT2D eigenvalue weighted by atomic mass is 9.96. The van der Waals surface area contributed by atoms with Crippen LogP contribution in [0.3, 0.4) is 0 Å². The number of piperidine rings is 1. The molecule has 1 unspecified atom stereocenters. The number of imidazole rings is 1. The molecule has 10 nitrogen and oxygen atoms in total. The second kappa shape index (κ2) is 9.52. The van der Waals surface area contributed by atoms with E-state index in [1.54, 1.807) is 7.05 Å². The number of Topliss-reactive ketones (excluding diaryl/α,β-unsaturated/α-hetero) is 1. The number of ketones is 1. The molecule has 0 bridgehead atoms. The number of anilines is 2. The van der Waals surface area contributed by atoms with Gasteiger partial charge in [-0.15, -0.1) is 0 Å². The summed E-state index contributed by atoms with van der Waals surface area (Å²) in [6.45, 7) is 7.92. The monoisotopic (exact) mass is 467 g/mol. The number of aryl methyl sites for hydroxylation is 3. The maximum absolute atomic E-state index is 12.9. The van der Waals surface area contributed by atoms with Crippen LogP contribution in [0.15, 0.2) is 6.07 Å². The zero-order valence-electron chi connectivity index (χ0n) is 20.4. The van der Waals surface area contributed by atoms with Gasteiger partial charge in [0, 0.05) is 50.4 Å². The molecule has 4 rings (SSSR count).